The molecule has 0 bridgehead atoms. The van der Waals surface area contributed by atoms with Crippen LogP contribution >= 0.6 is 0 Å². The smallest absolute Gasteiger partial charge is 0.339 e. The van der Waals surface area contributed by atoms with Gasteiger partial charge in [0.05, 0.1) is 12.7 Å². The van der Waals surface area contributed by atoms with Gasteiger partial charge in [0.2, 0.25) is 0 Å². The molecule has 0 saturated carbocycles. The Morgan fingerprint density at radius 3 is 2.58 bits per heavy atom. The SMILES string of the molecule is CC(C)OCC(O)C(O)c1cccc2oc(=O)c3c(c12)CCCC3. The Morgan fingerprint density at radius 2 is 1.88 bits per heavy atom. The molecule has 5 heteroatoms. The summed E-state index contributed by atoms with van der Waals surface area (Å²) >= 11 is 0. The van der Waals surface area contributed by atoms with E-state index in [-0.39, 0.29) is 18.3 Å². The Labute approximate surface area is 140 Å². The fourth-order valence-corrected chi connectivity index (χ4v) is 3.36. The Kier molecular flexibility index (Phi) is 5.04. The summed E-state index contributed by atoms with van der Waals surface area (Å²) in [6, 6.07) is 5.24. The molecule has 24 heavy (non-hydrogen) atoms. The normalized spacial score (nSPS) is 17.0. The zero-order valence-corrected chi connectivity index (χ0v) is 14.1. The van der Waals surface area contributed by atoms with Crippen LogP contribution in [0.4, 0.5) is 0 Å². The fourth-order valence-electron chi connectivity index (χ4n) is 3.36. The van der Waals surface area contributed by atoms with Crippen molar-refractivity contribution in [3.05, 3.63) is 45.3 Å². The molecule has 2 N–H and O–H groups in total. The highest BCUT2D eigenvalue weighted by atomic mass is 16.5. The van der Waals surface area contributed by atoms with Crippen LogP contribution in [0, 0.1) is 0 Å². The number of hydrogen-bond acceptors (Lipinski definition) is 5. The molecular formula is C19H24O5. The van der Waals surface area contributed by atoms with Gasteiger partial charge in [-0.2, -0.15) is 0 Å². The lowest BCUT2D eigenvalue weighted by atomic mass is 9.87. The van der Waals surface area contributed by atoms with E-state index in [9.17, 15) is 15.0 Å². The number of fused-ring (bicyclic) bond motifs is 3. The third kappa shape index (κ3) is 3.24. The van der Waals surface area contributed by atoms with Crippen LogP contribution in [0.15, 0.2) is 27.4 Å². The van der Waals surface area contributed by atoms with Crippen LogP contribution in [0.25, 0.3) is 11.0 Å². The number of aliphatic hydroxyl groups excluding tert-OH is 2. The molecule has 1 heterocycles. The quantitative estimate of drug-likeness (QED) is 0.822. The van der Waals surface area contributed by atoms with Crippen LogP contribution in [0.5, 0.6) is 0 Å². The molecule has 0 saturated heterocycles. The molecule has 0 spiro atoms. The largest absolute Gasteiger partial charge is 0.422 e. The summed E-state index contributed by atoms with van der Waals surface area (Å²) in [6.07, 6.45) is 1.32. The lowest BCUT2D eigenvalue weighted by molar-refractivity contribution is -0.0537. The Morgan fingerprint density at radius 1 is 1.17 bits per heavy atom. The maximum atomic E-state index is 12.2. The minimum absolute atomic E-state index is 0.0230. The lowest BCUT2D eigenvalue weighted by Crippen LogP contribution is -2.26. The molecule has 0 amide bonds. The third-order valence-electron chi connectivity index (χ3n) is 4.56. The zero-order chi connectivity index (χ0) is 17.3. The average Bonchev–Trinajstić information content (AvgIpc) is 2.58. The minimum atomic E-state index is -1.09. The van der Waals surface area contributed by atoms with Crippen molar-refractivity contribution in [2.24, 2.45) is 0 Å². The molecule has 2 atom stereocenters. The molecule has 2 unspecified atom stereocenters. The van der Waals surface area contributed by atoms with E-state index in [1.807, 2.05) is 13.8 Å². The molecule has 0 radical (unpaired) electrons. The van der Waals surface area contributed by atoms with Gasteiger partial charge in [0.15, 0.2) is 0 Å². The number of benzene rings is 1. The maximum absolute atomic E-state index is 12.2. The molecule has 1 aromatic heterocycles. The molecule has 130 valence electrons. The number of rotatable bonds is 5. The lowest BCUT2D eigenvalue weighted by Gasteiger charge is -2.23. The van der Waals surface area contributed by atoms with Crippen molar-refractivity contribution in [1.82, 2.24) is 0 Å². The van der Waals surface area contributed by atoms with Gasteiger partial charge in [-0.1, -0.05) is 12.1 Å². The summed E-state index contributed by atoms with van der Waals surface area (Å²) in [5.41, 5.74) is 2.44. The van der Waals surface area contributed by atoms with Crippen LogP contribution in [0.1, 0.15) is 49.5 Å². The van der Waals surface area contributed by atoms with E-state index < -0.39 is 12.2 Å². The van der Waals surface area contributed by atoms with E-state index in [2.05, 4.69) is 0 Å². The maximum Gasteiger partial charge on any atom is 0.339 e. The fraction of sp³-hybridized carbons (Fsp3) is 0.526. The second-order valence-electron chi connectivity index (χ2n) is 6.67. The van der Waals surface area contributed by atoms with Crippen molar-refractivity contribution in [2.45, 2.75) is 57.8 Å². The highest BCUT2D eigenvalue weighted by Crippen LogP contribution is 2.33. The molecule has 1 aliphatic rings. The van der Waals surface area contributed by atoms with Gasteiger partial charge in [0.1, 0.15) is 17.8 Å². The summed E-state index contributed by atoms with van der Waals surface area (Å²) in [4.78, 5) is 12.2. The van der Waals surface area contributed by atoms with Crippen LogP contribution in [0.2, 0.25) is 0 Å². The van der Waals surface area contributed by atoms with Gasteiger partial charge in [-0.05, 0) is 56.7 Å². The highest BCUT2D eigenvalue weighted by molar-refractivity contribution is 5.85. The second-order valence-corrected chi connectivity index (χ2v) is 6.67. The molecule has 0 fully saturated rings. The van der Waals surface area contributed by atoms with Crippen molar-refractivity contribution in [3.8, 4) is 0 Å². The van der Waals surface area contributed by atoms with E-state index in [1.165, 1.54) is 0 Å². The van der Waals surface area contributed by atoms with Crippen LogP contribution in [-0.4, -0.2) is 29.0 Å². The summed E-state index contributed by atoms with van der Waals surface area (Å²) in [7, 11) is 0. The first kappa shape index (κ1) is 17.1. The first-order valence-electron chi connectivity index (χ1n) is 8.54. The predicted molar refractivity (Wildman–Crippen MR) is 91.2 cm³/mol. The molecule has 2 aromatic rings. The van der Waals surface area contributed by atoms with Crippen molar-refractivity contribution in [3.63, 3.8) is 0 Å². The van der Waals surface area contributed by atoms with Gasteiger partial charge in [0, 0.05) is 10.9 Å². The van der Waals surface area contributed by atoms with Crippen LogP contribution in [0.3, 0.4) is 0 Å². The Bertz CT molecular complexity index is 777. The average molecular weight is 332 g/mol. The molecule has 0 aliphatic heterocycles. The van der Waals surface area contributed by atoms with Crippen molar-refractivity contribution < 1.29 is 19.4 Å². The zero-order valence-electron chi connectivity index (χ0n) is 14.1. The number of aryl methyl sites for hydroxylation is 1. The first-order chi connectivity index (χ1) is 11.5. The Balaban J connectivity index is 2.06. The van der Waals surface area contributed by atoms with Gasteiger partial charge in [-0.25, -0.2) is 4.79 Å². The summed E-state index contributed by atoms with van der Waals surface area (Å²) < 4.78 is 10.9. The van der Waals surface area contributed by atoms with Gasteiger partial charge < -0.3 is 19.4 Å². The molecule has 1 aromatic carbocycles. The van der Waals surface area contributed by atoms with Crippen molar-refractivity contribution in [2.75, 3.05) is 6.61 Å². The molecule has 1 aliphatic carbocycles. The highest BCUT2D eigenvalue weighted by Gasteiger charge is 2.26. The van der Waals surface area contributed by atoms with E-state index >= 15 is 0 Å². The monoisotopic (exact) mass is 332 g/mol. The number of hydrogen-bond donors (Lipinski definition) is 2. The predicted octanol–water partition coefficient (Wildman–Crippen LogP) is 2.49. The minimum Gasteiger partial charge on any atom is -0.422 e. The van der Waals surface area contributed by atoms with Gasteiger partial charge in [-0.3, -0.25) is 0 Å². The molecule has 5 nitrogen and oxygen atoms in total. The first-order valence-corrected chi connectivity index (χ1v) is 8.54. The summed E-state index contributed by atoms with van der Waals surface area (Å²) in [6.45, 7) is 3.80. The van der Waals surface area contributed by atoms with Crippen LogP contribution < -0.4 is 5.63 Å². The van der Waals surface area contributed by atoms with Crippen molar-refractivity contribution in [1.29, 1.82) is 0 Å². The number of aliphatic hydroxyl groups is 2. The topological polar surface area (TPSA) is 79.9 Å². The van der Waals surface area contributed by atoms with E-state index in [0.717, 1.165) is 30.2 Å². The summed E-state index contributed by atoms with van der Waals surface area (Å²) in [5, 5.41) is 21.7. The van der Waals surface area contributed by atoms with E-state index in [1.54, 1.807) is 18.2 Å². The van der Waals surface area contributed by atoms with E-state index in [4.69, 9.17) is 9.15 Å². The standard InChI is InChI=1S/C19H24O5/c1-11(2)23-10-15(20)18(21)14-8-5-9-16-17(14)12-6-3-4-7-13(12)19(22)24-16/h5,8-9,11,15,18,20-21H,3-4,6-7,10H2,1-2H3. The Hall–Kier alpha value is -1.69. The van der Waals surface area contributed by atoms with Crippen LogP contribution in [-0.2, 0) is 17.6 Å². The molecule has 3 rings (SSSR count). The third-order valence-corrected chi connectivity index (χ3v) is 4.56. The summed E-state index contributed by atoms with van der Waals surface area (Å²) in [5.74, 6) is 0. The van der Waals surface area contributed by atoms with Gasteiger partial charge in [-0.15, -0.1) is 0 Å². The van der Waals surface area contributed by atoms with Gasteiger partial charge in [0.25, 0.3) is 0 Å². The second kappa shape index (κ2) is 7.05. The van der Waals surface area contributed by atoms with Gasteiger partial charge >= 0.3 is 5.63 Å². The van der Waals surface area contributed by atoms with E-state index in [0.29, 0.717) is 23.1 Å². The van der Waals surface area contributed by atoms with Crippen molar-refractivity contribution >= 4 is 11.0 Å². The molecular weight excluding hydrogens is 308 g/mol. The number of ether oxygens (including phenoxy) is 1.